The first-order chi connectivity index (χ1) is 11.6. The van der Waals surface area contributed by atoms with Crippen molar-refractivity contribution in [2.24, 2.45) is 0 Å². The van der Waals surface area contributed by atoms with Crippen molar-refractivity contribution >= 4 is 33.1 Å². The number of rotatable bonds is 5. The SMILES string of the molecule is CCc1nc2ccc(NC(=O)c3cc(OC)cc(OC)c3)cc2s1. The number of anilines is 1. The fourth-order valence-electron chi connectivity index (χ4n) is 2.34. The molecule has 24 heavy (non-hydrogen) atoms. The fraction of sp³-hybridized carbons (Fsp3) is 0.222. The summed E-state index contributed by atoms with van der Waals surface area (Å²) >= 11 is 1.64. The lowest BCUT2D eigenvalue weighted by Gasteiger charge is -2.09. The standard InChI is InChI=1S/C18H18N2O3S/c1-4-17-20-15-6-5-12(9-16(15)24-17)19-18(21)11-7-13(22-2)10-14(8-11)23-3/h5-10H,4H2,1-3H3,(H,19,21). The van der Waals surface area contributed by atoms with Gasteiger partial charge in [-0.15, -0.1) is 11.3 Å². The van der Waals surface area contributed by atoms with Crippen LogP contribution in [0.25, 0.3) is 10.2 Å². The molecule has 0 saturated carbocycles. The van der Waals surface area contributed by atoms with E-state index in [4.69, 9.17) is 9.47 Å². The highest BCUT2D eigenvalue weighted by Crippen LogP contribution is 2.27. The maximum Gasteiger partial charge on any atom is 0.255 e. The van der Waals surface area contributed by atoms with Crippen LogP contribution in [0.1, 0.15) is 22.3 Å². The number of carbonyl (C=O) groups excluding carboxylic acids is 1. The van der Waals surface area contributed by atoms with Gasteiger partial charge in [-0.2, -0.15) is 0 Å². The van der Waals surface area contributed by atoms with E-state index in [1.807, 2.05) is 18.2 Å². The first-order valence-electron chi connectivity index (χ1n) is 7.57. The molecule has 0 fully saturated rings. The molecule has 1 aromatic heterocycles. The number of carbonyl (C=O) groups is 1. The number of nitrogens with one attached hydrogen (secondary N) is 1. The van der Waals surface area contributed by atoms with Crippen molar-refractivity contribution in [3.8, 4) is 11.5 Å². The van der Waals surface area contributed by atoms with Gasteiger partial charge in [-0.05, 0) is 36.8 Å². The molecule has 0 aliphatic heterocycles. The van der Waals surface area contributed by atoms with Crippen LogP contribution in [0.3, 0.4) is 0 Å². The van der Waals surface area contributed by atoms with Gasteiger partial charge < -0.3 is 14.8 Å². The van der Waals surface area contributed by atoms with Crippen LogP contribution in [0, 0.1) is 0 Å². The molecule has 124 valence electrons. The predicted octanol–water partition coefficient (Wildman–Crippen LogP) is 4.13. The van der Waals surface area contributed by atoms with Crippen LogP contribution in [-0.4, -0.2) is 25.1 Å². The second-order valence-electron chi connectivity index (χ2n) is 5.20. The fourth-order valence-corrected chi connectivity index (χ4v) is 3.29. The molecule has 0 unspecified atom stereocenters. The summed E-state index contributed by atoms with van der Waals surface area (Å²) in [6.07, 6.45) is 0.907. The Morgan fingerprint density at radius 1 is 1.12 bits per heavy atom. The third-order valence-corrected chi connectivity index (χ3v) is 4.77. The Labute approximate surface area is 144 Å². The number of thiazole rings is 1. The zero-order valence-corrected chi connectivity index (χ0v) is 14.6. The largest absolute Gasteiger partial charge is 0.497 e. The summed E-state index contributed by atoms with van der Waals surface area (Å²) in [4.78, 5) is 17.0. The molecule has 3 aromatic rings. The van der Waals surface area contributed by atoms with E-state index < -0.39 is 0 Å². The Balaban J connectivity index is 1.86. The summed E-state index contributed by atoms with van der Waals surface area (Å²) in [7, 11) is 3.11. The minimum atomic E-state index is -0.216. The van der Waals surface area contributed by atoms with E-state index in [0.717, 1.165) is 27.3 Å². The number of fused-ring (bicyclic) bond motifs is 1. The van der Waals surface area contributed by atoms with Crippen molar-refractivity contribution in [3.63, 3.8) is 0 Å². The van der Waals surface area contributed by atoms with Crippen molar-refractivity contribution in [1.29, 1.82) is 0 Å². The van der Waals surface area contributed by atoms with Gasteiger partial charge in [0.25, 0.3) is 5.91 Å². The number of nitrogens with zero attached hydrogens (tertiary/aromatic N) is 1. The van der Waals surface area contributed by atoms with E-state index in [-0.39, 0.29) is 5.91 Å². The quantitative estimate of drug-likeness (QED) is 0.757. The Hall–Kier alpha value is -2.60. The first-order valence-corrected chi connectivity index (χ1v) is 8.38. The first kappa shape index (κ1) is 16.3. The summed E-state index contributed by atoms with van der Waals surface area (Å²) in [5.74, 6) is 0.932. The maximum atomic E-state index is 12.5. The highest BCUT2D eigenvalue weighted by Gasteiger charge is 2.11. The molecule has 0 radical (unpaired) electrons. The Morgan fingerprint density at radius 2 is 1.83 bits per heavy atom. The van der Waals surface area contributed by atoms with Crippen molar-refractivity contribution in [3.05, 3.63) is 47.0 Å². The molecular formula is C18H18N2O3S. The summed E-state index contributed by atoms with van der Waals surface area (Å²) in [6, 6.07) is 10.8. The van der Waals surface area contributed by atoms with Gasteiger partial charge in [-0.25, -0.2) is 4.98 Å². The molecule has 5 nitrogen and oxygen atoms in total. The van der Waals surface area contributed by atoms with Crippen LogP contribution in [0.15, 0.2) is 36.4 Å². The van der Waals surface area contributed by atoms with Crippen molar-refractivity contribution in [2.75, 3.05) is 19.5 Å². The van der Waals surface area contributed by atoms with Gasteiger partial charge in [-0.1, -0.05) is 6.92 Å². The lowest BCUT2D eigenvalue weighted by molar-refractivity contribution is 0.102. The zero-order valence-electron chi connectivity index (χ0n) is 13.8. The summed E-state index contributed by atoms with van der Waals surface area (Å²) in [5, 5.41) is 4.00. The van der Waals surface area contributed by atoms with Crippen molar-refractivity contribution in [1.82, 2.24) is 4.98 Å². The number of hydrogen-bond acceptors (Lipinski definition) is 5. The smallest absolute Gasteiger partial charge is 0.255 e. The van der Waals surface area contributed by atoms with Crippen LogP contribution in [0.5, 0.6) is 11.5 Å². The number of benzene rings is 2. The van der Waals surface area contributed by atoms with Gasteiger partial charge in [0, 0.05) is 17.3 Å². The Kier molecular flexibility index (Phi) is 4.66. The highest BCUT2D eigenvalue weighted by molar-refractivity contribution is 7.18. The Bertz CT molecular complexity index is 867. The summed E-state index contributed by atoms with van der Waals surface area (Å²) < 4.78 is 11.5. The van der Waals surface area contributed by atoms with E-state index in [2.05, 4.69) is 17.2 Å². The molecule has 6 heteroatoms. The van der Waals surface area contributed by atoms with Crippen LogP contribution in [0.4, 0.5) is 5.69 Å². The van der Waals surface area contributed by atoms with E-state index in [0.29, 0.717) is 17.1 Å². The van der Waals surface area contributed by atoms with E-state index in [1.54, 1.807) is 43.8 Å². The van der Waals surface area contributed by atoms with Gasteiger partial charge in [0.15, 0.2) is 0 Å². The van der Waals surface area contributed by atoms with E-state index >= 15 is 0 Å². The lowest BCUT2D eigenvalue weighted by atomic mass is 10.1. The molecule has 1 heterocycles. The minimum Gasteiger partial charge on any atom is -0.497 e. The molecule has 0 atom stereocenters. The van der Waals surface area contributed by atoms with Crippen LogP contribution >= 0.6 is 11.3 Å². The lowest BCUT2D eigenvalue weighted by Crippen LogP contribution is -2.12. The number of aryl methyl sites for hydroxylation is 1. The van der Waals surface area contributed by atoms with Crippen molar-refractivity contribution < 1.29 is 14.3 Å². The second kappa shape index (κ2) is 6.88. The number of ether oxygens (including phenoxy) is 2. The van der Waals surface area contributed by atoms with Gasteiger partial charge >= 0.3 is 0 Å². The minimum absolute atomic E-state index is 0.216. The molecule has 0 aliphatic carbocycles. The van der Waals surface area contributed by atoms with Crippen LogP contribution in [0.2, 0.25) is 0 Å². The predicted molar refractivity (Wildman–Crippen MR) is 96.5 cm³/mol. The van der Waals surface area contributed by atoms with Gasteiger partial charge in [-0.3, -0.25) is 4.79 Å². The van der Waals surface area contributed by atoms with Crippen LogP contribution < -0.4 is 14.8 Å². The van der Waals surface area contributed by atoms with Gasteiger partial charge in [0.1, 0.15) is 11.5 Å². The monoisotopic (exact) mass is 342 g/mol. The topological polar surface area (TPSA) is 60.5 Å². The van der Waals surface area contributed by atoms with Crippen molar-refractivity contribution in [2.45, 2.75) is 13.3 Å². The molecule has 1 N–H and O–H groups in total. The highest BCUT2D eigenvalue weighted by atomic mass is 32.1. The molecule has 1 amide bonds. The molecule has 0 spiro atoms. The number of hydrogen-bond donors (Lipinski definition) is 1. The average molecular weight is 342 g/mol. The molecule has 0 aliphatic rings. The normalized spacial score (nSPS) is 10.6. The third-order valence-electron chi connectivity index (χ3n) is 3.61. The zero-order chi connectivity index (χ0) is 17.1. The maximum absolute atomic E-state index is 12.5. The van der Waals surface area contributed by atoms with E-state index in [1.165, 1.54) is 0 Å². The number of aromatic nitrogens is 1. The molecule has 3 rings (SSSR count). The average Bonchev–Trinajstić information content (AvgIpc) is 3.03. The van der Waals surface area contributed by atoms with Gasteiger partial charge in [0.2, 0.25) is 0 Å². The molecular weight excluding hydrogens is 324 g/mol. The molecule has 0 saturated heterocycles. The Morgan fingerprint density at radius 3 is 2.46 bits per heavy atom. The second-order valence-corrected chi connectivity index (χ2v) is 6.31. The summed E-state index contributed by atoms with van der Waals surface area (Å²) in [5.41, 5.74) is 2.17. The molecule has 0 bridgehead atoms. The van der Waals surface area contributed by atoms with E-state index in [9.17, 15) is 4.79 Å². The number of amides is 1. The molecule has 2 aromatic carbocycles. The van der Waals surface area contributed by atoms with Crippen LogP contribution in [-0.2, 0) is 6.42 Å². The third kappa shape index (κ3) is 3.33. The summed E-state index contributed by atoms with van der Waals surface area (Å²) in [6.45, 7) is 2.08. The number of methoxy groups -OCH3 is 2. The van der Waals surface area contributed by atoms with Gasteiger partial charge in [0.05, 0.1) is 29.4 Å².